The molecule has 0 aromatic heterocycles. The minimum absolute atomic E-state index is 0.0461. The van der Waals surface area contributed by atoms with Gasteiger partial charge in [-0.1, -0.05) is 35.9 Å². The van der Waals surface area contributed by atoms with Gasteiger partial charge < -0.3 is 5.32 Å². The third-order valence-electron chi connectivity index (χ3n) is 2.59. The molecule has 108 valence electrons. The Morgan fingerprint density at radius 1 is 1.19 bits per heavy atom. The number of carbonyl (C=O) groups is 1. The quantitative estimate of drug-likeness (QED) is 0.659. The summed E-state index contributed by atoms with van der Waals surface area (Å²) in [6, 6.07) is 12.9. The maximum Gasteiger partial charge on any atom is 0.259 e. The van der Waals surface area contributed by atoms with E-state index in [1.54, 1.807) is 30.3 Å². The van der Waals surface area contributed by atoms with Gasteiger partial charge >= 0.3 is 0 Å². The molecule has 0 spiro atoms. The maximum atomic E-state index is 12.7. The van der Waals surface area contributed by atoms with Crippen LogP contribution in [0.1, 0.15) is 5.56 Å². The number of rotatable bonds is 5. The minimum atomic E-state index is -0.319. The first kappa shape index (κ1) is 15.0. The number of amides is 1. The summed E-state index contributed by atoms with van der Waals surface area (Å²) in [5.74, 6) is -0.631. The zero-order chi connectivity index (χ0) is 15.1. The van der Waals surface area contributed by atoms with Gasteiger partial charge in [0.25, 0.3) is 5.91 Å². The van der Waals surface area contributed by atoms with Crippen LogP contribution in [0, 0.1) is 5.82 Å². The number of nitrogens with one attached hydrogen (secondary N) is 2. The van der Waals surface area contributed by atoms with Crippen molar-refractivity contribution in [2.45, 2.75) is 0 Å². The Hall–Kier alpha value is -2.40. The first-order valence-electron chi connectivity index (χ1n) is 6.21. The van der Waals surface area contributed by atoms with Crippen LogP contribution in [0.4, 0.5) is 10.1 Å². The second kappa shape index (κ2) is 7.40. The molecule has 0 saturated carbocycles. The highest BCUT2D eigenvalue weighted by Gasteiger charge is 2.02. The zero-order valence-electron chi connectivity index (χ0n) is 11.0. The van der Waals surface area contributed by atoms with Crippen molar-refractivity contribution in [1.29, 1.82) is 0 Å². The van der Waals surface area contributed by atoms with Crippen LogP contribution in [0.5, 0.6) is 0 Å². The van der Waals surface area contributed by atoms with Crippen molar-refractivity contribution in [3.8, 4) is 0 Å². The molecule has 0 aliphatic heterocycles. The van der Waals surface area contributed by atoms with E-state index in [1.165, 1.54) is 18.3 Å². The fourth-order valence-corrected chi connectivity index (χ4v) is 1.75. The lowest BCUT2D eigenvalue weighted by atomic mass is 10.2. The molecule has 2 N–H and O–H groups in total. The van der Waals surface area contributed by atoms with E-state index in [1.807, 2.05) is 6.07 Å². The van der Waals surface area contributed by atoms with Crippen LogP contribution < -0.4 is 10.7 Å². The van der Waals surface area contributed by atoms with E-state index < -0.39 is 0 Å². The molecule has 1 amide bonds. The van der Waals surface area contributed by atoms with Gasteiger partial charge in [0.2, 0.25) is 0 Å². The van der Waals surface area contributed by atoms with Crippen LogP contribution in [0.25, 0.3) is 0 Å². The normalized spacial score (nSPS) is 10.6. The molecular formula is C15H13ClFN3O. The van der Waals surface area contributed by atoms with Crippen LogP contribution >= 0.6 is 11.6 Å². The van der Waals surface area contributed by atoms with E-state index in [2.05, 4.69) is 15.8 Å². The molecule has 0 saturated heterocycles. The van der Waals surface area contributed by atoms with Crippen LogP contribution in [0.15, 0.2) is 53.6 Å². The van der Waals surface area contributed by atoms with Gasteiger partial charge in [-0.25, -0.2) is 9.82 Å². The highest BCUT2D eigenvalue weighted by atomic mass is 35.5. The average molecular weight is 306 g/mol. The highest BCUT2D eigenvalue weighted by Crippen LogP contribution is 2.19. The summed E-state index contributed by atoms with van der Waals surface area (Å²) in [5, 5.41) is 7.23. The molecule has 21 heavy (non-hydrogen) atoms. The predicted octanol–water partition coefficient (Wildman–Crippen LogP) is 3.04. The minimum Gasteiger partial charge on any atom is -0.375 e. The molecule has 0 aliphatic carbocycles. The number of benzene rings is 2. The standard InChI is InChI=1S/C15H13ClFN3O/c16-13-3-1-2-4-14(13)18-10-15(21)20-19-9-11-5-7-12(17)8-6-11/h1-9,18H,10H2,(H,20,21). The van der Waals surface area contributed by atoms with Crippen molar-refractivity contribution in [2.24, 2.45) is 5.10 Å². The summed E-state index contributed by atoms with van der Waals surface area (Å²) in [6.07, 6.45) is 1.44. The van der Waals surface area contributed by atoms with E-state index in [0.717, 1.165) is 0 Å². The largest absolute Gasteiger partial charge is 0.375 e. The van der Waals surface area contributed by atoms with E-state index in [4.69, 9.17) is 11.6 Å². The summed E-state index contributed by atoms with van der Waals surface area (Å²) < 4.78 is 12.7. The molecule has 4 nitrogen and oxygen atoms in total. The third kappa shape index (κ3) is 4.89. The van der Waals surface area contributed by atoms with Crippen LogP contribution in [0.3, 0.4) is 0 Å². The molecule has 6 heteroatoms. The molecule has 2 aromatic carbocycles. The second-order valence-electron chi connectivity index (χ2n) is 4.18. The SMILES string of the molecule is O=C(CNc1ccccc1Cl)NN=Cc1ccc(F)cc1. The summed E-state index contributed by atoms with van der Waals surface area (Å²) >= 11 is 5.95. The average Bonchev–Trinajstić information content (AvgIpc) is 2.48. The Morgan fingerprint density at radius 2 is 1.90 bits per heavy atom. The molecule has 0 unspecified atom stereocenters. The Labute approximate surface area is 126 Å². The van der Waals surface area contributed by atoms with Gasteiger partial charge in [0.05, 0.1) is 23.5 Å². The molecule has 0 atom stereocenters. The van der Waals surface area contributed by atoms with Gasteiger partial charge in [0.15, 0.2) is 0 Å². The molecule has 0 aliphatic rings. The molecule has 0 fully saturated rings. The third-order valence-corrected chi connectivity index (χ3v) is 2.92. The lowest BCUT2D eigenvalue weighted by Crippen LogP contribution is -2.25. The van der Waals surface area contributed by atoms with Crippen LogP contribution in [0.2, 0.25) is 5.02 Å². The molecule has 0 radical (unpaired) electrons. The number of hydrogen-bond donors (Lipinski definition) is 2. The monoisotopic (exact) mass is 305 g/mol. The van der Waals surface area contributed by atoms with E-state index >= 15 is 0 Å². The van der Waals surface area contributed by atoms with Crippen molar-refractivity contribution in [3.05, 3.63) is 64.9 Å². The fraction of sp³-hybridized carbons (Fsp3) is 0.0667. The molecule has 0 bridgehead atoms. The van der Waals surface area contributed by atoms with Crippen LogP contribution in [-0.2, 0) is 4.79 Å². The summed E-state index contributed by atoms with van der Waals surface area (Å²) in [6.45, 7) is 0.0461. The number of nitrogens with zero attached hydrogens (tertiary/aromatic N) is 1. The molecule has 2 aromatic rings. The first-order chi connectivity index (χ1) is 10.1. The first-order valence-corrected chi connectivity index (χ1v) is 6.59. The smallest absolute Gasteiger partial charge is 0.259 e. The predicted molar refractivity (Wildman–Crippen MR) is 82.1 cm³/mol. The Kier molecular flexibility index (Phi) is 5.29. The molecule has 0 heterocycles. The Balaban J connectivity index is 1.80. The zero-order valence-corrected chi connectivity index (χ0v) is 11.8. The Bertz CT molecular complexity index is 644. The van der Waals surface area contributed by atoms with Crippen molar-refractivity contribution < 1.29 is 9.18 Å². The van der Waals surface area contributed by atoms with Crippen molar-refractivity contribution in [2.75, 3.05) is 11.9 Å². The molecule has 2 rings (SSSR count). The van der Waals surface area contributed by atoms with Crippen molar-refractivity contribution in [1.82, 2.24) is 5.43 Å². The topological polar surface area (TPSA) is 53.5 Å². The second-order valence-corrected chi connectivity index (χ2v) is 4.59. The number of halogens is 2. The highest BCUT2D eigenvalue weighted by molar-refractivity contribution is 6.33. The Morgan fingerprint density at radius 3 is 2.62 bits per heavy atom. The van der Waals surface area contributed by atoms with Gasteiger partial charge in [-0.15, -0.1) is 0 Å². The molecular weight excluding hydrogens is 293 g/mol. The van der Waals surface area contributed by atoms with Crippen molar-refractivity contribution >= 4 is 29.4 Å². The maximum absolute atomic E-state index is 12.7. The lowest BCUT2D eigenvalue weighted by Gasteiger charge is -2.06. The van der Waals surface area contributed by atoms with Gasteiger partial charge in [0.1, 0.15) is 5.82 Å². The number of hydrazone groups is 1. The summed E-state index contributed by atoms with van der Waals surface area (Å²) in [5.41, 5.74) is 3.73. The number of hydrogen-bond acceptors (Lipinski definition) is 3. The van der Waals surface area contributed by atoms with Gasteiger partial charge in [0, 0.05) is 0 Å². The number of carbonyl (C=O) groups excluding carboxylic acids is 1. The van der Waals surface area contributed by atoms with Gasteiger partial charge in [-0.2, -0.15) is 5.10 Å². The van der Waals surface area contributed by atoms with Gasteiger partial charge in [-0.05, 0) is 29.8 Å². The lowest BCUT2D eigenvalue weighted by molar-refractivity contribution is -0.119. The number of anilines is 1. The van der Waals surface area contributed by atoms with Gasteiger partial charge in [-0.3, -0.25) is 4.79 Å². The van der Waals surface area contributed by atoms with Crippen molar-refractivity contribution in [3.63, 3.8) is 0 Å². The van der Waals surface area contributed by atoms with E-state index in [9.17, 15) is 9.18 Å². The number of para-hydroxylation sites is 1. The van der Waals surface area contributed by atoms with E-state index in [-0.39, 0.29) is 18.3 Å². The fourth-order valence-electron chi connectivity index (χ4n) is 1.55. The van der Waals surface area contributed by atoms with E-state index in [0.29, 0.717) is 16.3 Å². The summed E-state index contributed by atoms with van der Waals surface area (Å²) in [4.78, 5) is 11.6. The van der Waals surface area contributed by atoms with Crippen LogP contribution in [-0.4, -0.2) is 18.7 Å². The summed E-state index contributed by atoms with van der Waals surface area (Å²) in [7, 11) is 0.